The first kappa shape index (κ1) is 43.3. The number of carboxylic acid groups (broad SMARTS) is 1. The maximum absolute atomic E-state index is 12.6. The number of hydrogen-bond acceptors (Lipinski definition) is 7. The molecule has 0 spiro atoms. The Kier molecular flexibility index (Phi) is 27.9. The van der Waals surface area contributed by atoms with Crippen molar-refractivity contribution in [2.45, 2.75) is 135 Å². The molecule has 264 valence electrons. The highest BCUT2D eigenvalue weighted by atomic mass is 16.6. The molecule has 0 aliphatic heterocycles. The van der Waals surface area contributed by atoms with Crippen molar-refractivity contribution in [1.29, 1.82) is 0 Å². The fourth-order valence-electron chi connectivity index (χ4n) is 4.65. The van der Waals surface area contributed by atoms with Crippen molar-refractivity contribution < 1.29 is 38.2 Å². The second-order valence-corrected chi connectivity index (χ2v) is 12.7. The van der Waals surface area contributed by atoms with Crippen LogP contribution in [0.5, 0.6) is 0 Å². The zero-order valence-electron chi connectivity index (χ0n) is 29.7. The van der Waals surface area contributed by atoms with Crippen LogP contribution >= 0.6 is 0 Å². The van der Waals surface area contributed by atoms with Gasteiger partial charge in [0.25, 0.3) is 0 Å². The summed E-state index contributed by atoms with van der Waals surface area (Å²) in [7, 11) is 5.37. The molecule has 0 saturated heterocycles. The topological polar surface area (TPSA) is 102 Å². The molecule has 0 N–H and O–H groups in total. The van der Waals surface area contributed by atoms with Gasteiger partial charge in [-0.2, -0.15) is 0 Å². The number of rotatable bonds is 30. The Balaban J connectivity index is 4.55. The van der Waals surface area contributed by atoms with E-state index in [-0.39, 0.29) is 42.7 Å². The average Bonchev–Trinajstić information content (AvgIpc) is 3.00. The molecule has 0 saturated carbocycles. The van der Waals surface area contributed by atoms with E-state index in [0.717, 1.165) is 70.6 Å². The molecule has 0 rings (SSSR count). The summed E-state index contributed by atoms with van der Waals surface area (Å²) < 4.78 is 17.0. The number of carbonyl (C=O) groups excluding carboxylic acids is 3. The minimum Gasteiger partial charge on any atom is -0.544 e. The van der Waals surface area contributed by atoms with E-state index in [0.29, 0.717) is 19.3 Å². The summed E-state index contributed by atoms with van der Waals surface area (Å²) in [5.41, 5.74) is 0. The second-order valence-electron chi connectivity index (χ2n) is 12.7. The van der Waals surface area contributed by atoms with Crippen LogP contribution in [0.3, 0.4) is 0 Å². The molecule has 46 heavy (non-hydrogen) atoms. The molecule has 0 fully saturated rings. The standard InChI is InChI=1S/C38H65NO7/c1-6-8-10-12-14-16-18-19-21-22-24-26-28-36(40)45-33-34(32-44-31-30-35(38(42)43)39(3,4)5)46-37(41)29-27-25-23-20-17-15-13-11-9-7-2/h8,10,13-16,19,21,34-35H,6-7,9,11-12,17-18,20,22-33H2,1-5H3/b10-8+,15-13+,16-14+,21-19+. The number of nitrogens with zero attached hydrogens (tertiary/aromatic N) is 1. The predicted octanol–water partition coefficient (Wildman–Crippen LogP) is 7.18. The van der Waals surface area contributed by atoms with Gasteiger partial charge in [-0.25, -0.2) is 0 Å². The Hall–Kier alpha value is -2.71. The van der Waals surface area contributed by atoms with Gasteiger partial charge in [-0.3, -0.25) is 9.59 Å². The quantitative estimate of drug-likeness (QED) is 0.0352. The van der Waals surface area contributed by atoms with E-state index in [2.05, 4.69) is 62.5 Å². The molecule has 8 heteroatoms. The van der Waals surface area contributed by atoms with Gasteiger partial charge in [0.15, 0.2) is 6.10 Å². The lowest BCUT2D eigenvalue weighted by molar-refractivity contribution is -0.889. The molecule has 0 aromatic heterocycles. The van der Waals surface area contributed by atoms with Gasteiger partial charge in [-0.05, 0) is 64.2 Å². The third-order valence-electron chi connectivity index (χ3n) is 7.45. The minimum atomic E-state index is -1.14. The molecule has 2 atom stereocenters. The van der Waals surface area contributed by atoms with E-state index in [1.807, 2.05) is 0 Å². The molecule has 0 heterocycles. The van der Waals surface area contributed by atoms with Crippen molar-refractivity contribution in [3.05, 3.63) is 48.6 Å². The average molecular weight is 648 g/mol. The molecule has 0 bridgehead atoms. The van der Waals surface area contributed by atoms with Crippen LogP contribution in [0.15, 0.2) is 48.6 Å². The van der Waals surface area contributed by atoms with E-state index in [9.17, 15) is 19.5 Å². The maximum Gasteiger partial charge on any atom is 0.306 e. The fraction of sp³-hybridized carbons (Fsp3) is 0.711. The largest absolute Gasteiger partial charge is 0.544 e. The van der Waals surface area contributed by atoms with E-state index in [4.69, 9.17) is 14.2 Å². The molecule has 0 radical (unpaired) electrons. The van der Waals surface area contributed by atoms with Gasteiger partial charge < -0.3 is 28.6 Å². The first-order valence-electron chi connectivity index (χ1n) is 17.7. The van der Waals surface area contributed by atoms with Crippen molar-refractivity contribution in [3.63, 3.8) is 0 Å². The van der Waals surface area contributed by atoms with E-state index in [1.54, 1.807) is 21.1 Å². The zero-order valence-corrected chi connectivity index (χ0v) is 29.7. The van der Waals surface area contributed by atoms with E-state index >= 15 is 0 Å². The van der Waals surface area contributed by atoms with Gasteiger partial charge in [0.05, 0.1) is 40.3 Å². The molecule has 0 aliphatic rings. The van der Waals surface area contributed by atoms with Crippen LogP contribution in [-0.2, 0) is 28.6 Å². The highest BCUT2D eigenvalue weighted by Crippen LogP contribution is 2.11. The molecule has 0 aromatic rings. The van der Waals surface area contributed by atoms with Crippen LogP contribution < -0.4 is 5.11 Å². The van der Waals surface area contributed by atoms with Gasteiger partial charge in [-0.15, -0.1) is 0 Å². The van der Waals surface area contributed by atoms with Gasteiger partial charge in [-0.1, -0.05) is 88.1 Å². The lowest BCUT2D eigenvalue weighted by Gasteiger charge is -2.34. The number of allylic oxidation sites excluding steroid dienone is 8. The lowest BCUT2D eigenvalue weighted by Crippen LogP contribution is -2.55. The van der Waals surface area contributed by atoms with Crippen LogP contribution in [0.4, 0.5) is 0 Å². The summed E-state index contributed by atoms with van der Waals surface area (Å²) >= 11 is 0. The van der Waals surface area contributed by atoms with Gasteiger partial charge in [0, 0.05) is 19.3 Å². The van der Waals surface area contributed by atoms with Gasteiger partial charge in [0.1, 0.15) is 12.6 Å². The van der Waals surface area contributed by atoms with Crippen LogP contribution in [0.2, 0.25) is 0 Å². The van der Waals surface area contributed by atoms with E-state index < -0.39 is 18.1 Å². The van der Waals surface area contributed by atoms with Crippen LogP contribution in [0, 0.1) is 0 Å². The van der Waals surface area contributed by atoms with Gasteiger partial charge >= 0.3 is 11.9 Å². The van der Waals surface area contributed by atoms with Crippen LogP contribution in [0.25, 0.3) is 0 Å². The number of quaternary nitrogens is 1. The smallest absolute Gasteiger partial charge is 0.306 e. The minimum absolute atomic E-state index is 0.0223. The highest BCUT2D eigenvalue weighted by Gasteiger charge is 2.25. The molecular weight excluding hydrogens is 582 g/mol. The summed E-state index contributed by atoms with van der Waals surface area (Å²) in [6.07, 6.45) is 31.5. The summed E-state index contributed by atoms with van der Waals surface area (Å²) in [6.45, 7) is 4.41. The normalized spacial score (nSPS) is 13.7. The van der Waals surface area contributed by atoms with Crippen LogP contribution in [-0.4, -0.2) is 75.5 Å². The second kappa shape index (κ2) is 29.7. The molecule has 0 amide bonds. The van der Waals surface area contributed by atoms with Gasteiger partial charge in [0.2, 0.25) is 0 Å². The monoisotopic (exact) mass is 647 g/mol. The molecule has 0 aromatic carbocycles. The number of unbranched alkanes of at least 4 members (excludes halogenated alkanes) is 8. The SMILES string of the molecule is CC/C=C/C/C=C/C/C=C/CCCCC(=O)OCC(COCCC(C(=O)[O-])[N+](C)(C)C)OC(=O)CCCCCC/C=C/CCCC. The van der Waals surface area contributed by atoms with Crippen LogP contribution in [0.1, 0.15) is 123 Å². The van der Waals surface area contributed by atoms with E-state index in [1.165, 1.54) is 12.8 Å². The Labute approximate surface area is 280 Å². The Bertz CT molecular complexity index is 901. The third-order valence-corrected chi connectivity index (χ3v) is 7.45. The van der Waals surface area contributed by atoms with Crippen molar-refractivity contribution in [1.82, 2.24) is 0 Å². The first-order valence-corrected chi connectivity index (χ1v) is 17.7. The molecular formula is C38H65NO7. The maximum atomic E-state index is 12.6. The number of aliphatic carboxylic acids is 1. The summed E-state index contributed by atoms with van der Waals surface area (Å²) in [6, 6.07) is -0.732. The first-order chi connectivity index (χ1) is 22.1. The van der Waals surface area contributed by atoms with Crippen molar-refractivity contribution in [2.75, 3.05) is 41.0 Å². The summed E-state index contributed by atoms with van der Waals surface area (Å²) in [5.74, 6) is -1.82. The molecule has 0 aliphatic carbocycles. The third kappa shape index (κ3) is 27.6. The van der Waals surface area contributed by atoms with Crippen molar-refractivity contribution >= 4 is 17.9 Å². The molecule has 8 nitrogen and oxygen atoms in total. The summed E-state index contributed by atoms with van der Waals surface area (Å²) in [4.78, 5) is 36.5. The number of esters is 2. The molecule has 2 unspecified atom stereocenters. The summed E-state index contributed by atoms with van der Waals surface area (Å²) in [5, 5.41) is 11.5. The highest BCUT2D eigenvalue weighted by molar-refractivity contribution is 5.70. The number of carbonyl (C=O) groups is 3. The van der Waals surface area contributed by atoms with Crippen molar-refractivity contribution in [2.24, 2.45) is 0 Å². The number of ether oxygens (including phenoxy) is 3. The number of likely N-dealkylation sites (N-methyl/N-ethyl adjacent to an activating group) is 1. The fourth-order valence-corrected chi connectivity index (χ4v) is 4.65. The Morgan fingerprint density at radius 2 is 1.22 bits per heavy atom. The number of carboxylic acids is 1. The van der Waals surface area contributed by atoms with Crippen molar-refractivity contribution in [3.8, 4) is 0 Å². The number of hydrogen-bond donors (Lipinski definition) is 0. The Morgan fingerprint density at radius 1 is 0.674 bits per heavy atom. The zero-order chi connectivity index (χ0) is 34.3. The lowest BCUT2D eigenvalue weighted by atomic mass is 10.1. The predicted molar refractivity (Wildman–Crippen MR) is 185 cm³/mol. The Morgan fingerprint density at radius 3 is 1.85 bits per heavy atom.